The molecule has 200 valence electrons. The highest BCUT2D eigenvalue weighted by molar-refractivity contribution is 5.94. The van der Waals surface area contributed by atoms with Crippen LogP contribution in [0.5, 0.6) is 5.75 Å². The zero-order chi connectivity index (χ0) is 26.3. The number of benzene rings is 1. The van der Waals surface area contributed by atoms with Crippen LogP contribution in [0, 0.1) is 11.6 Å². The van der Waals surface area contributed by atoms with Crippen molar-refractivity contribution in [2.45, 2.75) is 70.6 Å². The van der Waals surface area contributed by atoms with Gasteiger partial charge in [0.15, 0.2) is 17.3 Å². The minimum absolute atomic E-state index is 0.0313. The first kappa shape index (κ1) is 25.6. The molecule has 1 aromatic heterocycles. The zero-order valence-electron chi connectivity index (χ0n) is 21.6. The zero-order valence-corrected chi connectivity index (χ0v) is 21.6. The number of hydrogen-bond acceptors (Lipinski definition) is 5. The molecule has 1 aliphatic carbocycles. The van der Waals surface area contributed by atoms with Gasteiger partial charge in [-0.1, -0.05) is 0 Å². The van der Waals surface area contributed by atoms with Crippen molar-refractivity contribution >= 4 is 11.8 Å². The van der Waals surface area contributed by atoms with E-state index in [4.69, 9.17) is 9.47 Å². The van der Waals surface area contributed by atoms with Crippen LogP contribution in [0.25, 0.3) is 0 Å². The Morgan fingerprint density at radius 2 is 1.78 bits per heavy atom. The van der Waals surface area contributed by atoms with Crippen LogP contribution in [0.4, 0.5) is 8.78 Å². The van der Waals surface area contributed by atoms with E-state index in [1.165, 1.54) is 13.2 Å². The second kappa shape index (κ2) is 10.4. The van der Waals surface area contributed by atoms with Crippen molar-refractivity contribution in [3.05, 3.63) is 46.3 Å². The largest absolute Gasteiger partial charge is 0.493 e. The third-order valence-electron chi connectivity index (χ3n) is 7.73. The number of rotatable bonds is 5. The molecule has 2 aromatic rings. The maximum absolute atomic E-state index is 14.2. The summed E-state index contributed by atoms with van der Waals surface area (Å²) in [4.78, 5) is 30.2. The molecule has 0 radical (unpaired) electrons. The van der Waals surface area contributed by atoms with Gasteiger partial charge < -0.3 is 19.3 Å². The molecule has 0 bridgehead atoms. The van der Waals surface area contributed by atoms with Gasteiger partial charge >= 0.3 is 0 Å². The number of fused-ring (bicyclic) bond motifs is 1. The Hall–Kier alpha value is -3.01. The number of ether oxygens (including phenoxy) is 2. The van der Waals surface area contributed by atoms with Gasteiger partial charge in [0.1, 0.15) is 12.4 Å². The molecule has 2 fully saturated rings. The van der Waals surface area contributed by atoms with Crippen molar-refractivity contribution in [1.29, 1.82) is 0 Å². The molecular weight excluding hydrogens is 482 g/mol. The number of piperidine rings is 1. The SMILES string of the molecule is COc1c(F)cc(F)cc1C1CCN(C(=O)Cn2nc(C(=O)N3C[C@@H](C)O[C@@H](C)C3)c3c2CCC3)CC1. The van der Waals surface area contributed by atoms with E-state index in [9.17, 15) is 18.4 Å². The summed E-state index contributed by atoms with van der Waals surface area (Å²) >= 11 is 0. The second-order valence-electron chi connectivity index (χ2n) is 10.4. The van der Waals surface area contributed by atoms with Crippen LogP contribution in [0.3, 0.4) is 0 Å². The van der Waals surface area contributed by atoms with Crippen LogP contribution in [0.15, 0.2) is 12.1 Å². The summed E-state index contributed by atoms with van der Waals surface area (Å²) in [6.07, 6.45) is 3.63. The molecule has 8 nitrogen and oxygen atoms in total. The van der Waals surface area contributed by atoms with E-state index in [-0.39, 0.29) is 42.2 Å². The van der Waals surface area contributed by atoms with Crippen LogP contribution in [0.2, 0.25) is 0 Å². The van der Waals surface area contributed by atoms with E-state index in [2.05, 4.69) is 5.10 Å². The van der Waals surface area contributed by atoms with Crippen LogP contribution in [-0.4, -0.2) is 76.9 Å². The van der Waals surface area contributed by atoms with Crippen LogP contribution < -0.4 is 4.74 Å². The molecule has 1 aromatic carbocycles. The lowest BCUT2D eigenvalue weighted by atomic mass is 9.88. The number of likely N-dealkylation sites (tertiary alicyclic amines) is 1. The van der Waals surface area contributed by atoms with Gasteiger partial charge in [0, 0.05) is 49.1 Å². The molecule has 2 amide bonds. The van der Waals surface area contributed by atoms with E-state index in [0.29, 0.717) is 50.3 Å². The fourth-order valence-corrected chi connectivity index (χ4v) is 6.07. The van der Waals surface area contributed by atoms with Gasteiger partial charge in [-0.25, -0.2) is 8.78 Å². The van der Waals surface area contributed by atoms with Gasteiger partial charge in [0.25, 0.3) is 5.91 Å². The number of carbonyl (C=O) groups excluding carboxylic acids is 2. The molecule has 0 N–H and O–H groups in total. The predicted molar refractivity (Wildman–Crippen MR) is 132 cm³/mol. The second-order valence-corrected chi connectivity index (χ2v) is 10.4. The fraction of sp³-hybridized carbons (Fsp3) is 0.593. The Morgan fingerprint density at radius 3 is 2.46 bits per heavy atom. The van der Waals surface area contributed by atoms with Gasteiger partial charge in [-0.05, 0) is 57.9 Å². The summed E-state index contributed by atoms with van der Waals surface area (Å²) < 4.78 is 40.7. The summed E-state index contributed by atoms with van der Waals surface area (Å²) in [5.74, 6) is -1.54. The molecular formula is C27H34F2N4O4. The van der Waals surface area contributed by atoms with Crippen LogP contribution in [0.1, 0.15) is 66.3 Å². The number of carbonyl (C=O) groups is 2. The monoisotopic (exact) mass is 516 g/mol. The van der Waals surface area contributed by atoms with E-state index < -0.39 is 11.6 Å². The number of methoxy groups -OCH3 is 1. The lowest BCUT2D eigenvalue weighted by molar-refractivity contribution is -0.133. The minimum Gasteiger partial charge on any atom is -0.493 e. The first-order valence-corrected chi connectivity index (χ1v) is 13.1. The molecule has 2 aliphatic heterocycles. The topological polar surface area (TPSA) is 76.9 Å². The van der Waals surface area contributed by atoms with Gasteiger partial charge in [0.05, 0.1) is 19.3 Å². The summed E-state index contributed by atoms with van der Waals surface area (Å²) in [6, 6.07) is 2.15. The molecule has 3 heterocycles. The standard InChI is InChI=1S/C27H34F2N4O4/c1-16-13-32(14-17(2)37-16)27(35)25-20-5-4-6-23(20)33(30-25)15-24(34)31-9-7-18(8-10-31)21-11-19(28)12-22(29)26(21)36-3/h11-12,16-18H,4-10,13-15H2,1-3H3/t16-,17+. The third kappa shape index (κ3) is 5.08. The maximum Gasteiger partial charge on any atom is 0.274 e. The smallest absolute Gasteiger partial charge is 0.274 e. The van der Waals surface area contributed by atoms with Crippen molar-refractivity contribution < 1.29 is 27.8 Å². The number of amides is 2. The fourth-order valence-electron chi connectivity index (χ4n) is 6.07. The molecule has 3 aliphatic rings. The van der Waals surface area contributed by atoms with E-state index in [0.717, 1.165) is 36.6 Å². The van der Waals surface area contributed by atoms with Crippen LogP contribution in [-0.2, 0) is 28.9 Å². The van der Waals surface area contributed by atoms with Gasteiger partial charge in [-0.15, -0.1) is 0 Å². The Balaban J connectivity index is 1.26. The van der Waals surface area contributed by atoms with Crippen molar-refractivity contribution in [2.24, 2.45) is 0 Å². The predicted octanol–water partition coefficient (Wildman–Crippen LogP) is 3.31. The molecule has 0 saturated carbocycles. The van der Waals surface area contributed by atoms with E-state index >= 15 is 0 Å². The van der Waals surface area contributed by atoms with E-state index in [1.807, 2.05) is 13.8 Å². The van der Waals surface area contributed by atoms with Crippen molar-refractivity contribution in [2.75, 3.05) is 33.3 Å². The normalized spacial score (nSPS) is 22.3. The summed E-state index contributed by atoms with van der Waals surface area (Å²) in [6.45, 7) is 6.00. The Kier molecular flexibility index (Phi) is 7.20. The molecule has 0 spiro atoms. The summed E-state index contributed by atoms with van der Waals surface area (Å²) in [5.41, 5.74) is 2.90. The number of aromatic nitrogens is 2. The molecule has 37 heavy (non-hydrogen) atoms. The van der Waals surface area contributed by atoms with Gasteiger partial charge in [0.2, 0.25) is 5.91 Å². The first-order chi connectivity index (χ1) is 17.7. The average Bonchev–Trinajstić information content (AvgIpc) is 3.46. The lowest BCUT2D eigenvalue weighted by Gasteiger charge is -2.35. The Labute approximate surface area is 215 Å². The third-order valence-corrected chi connectivity index (χ3v) is 7.73. The molecule has 0 unspecified atom stereocenters. The summed E-state index contributed by atoms with van der Waals surface area (Å²) in [5, 5.41) is 4.63. The highest BCUT2D eigenvalue weighted by Gasteiger charge is 2.34. The number of halogens is 2. The van der Waals surface area contributed by atoms with Crippen LogP contribution >= 0.6 is 0 Å². The van der Waals surface area contributed by atoms with Gasteiger partial charge in [-0.2, -0.15) is 5.10 Å². The molecule has 2 atom stereocenters. The lowest BCUT2D eigenvalue weighted by Crippen LogP contribution is -2.48. The number of hydrogen-bond donors (Lipinski definition) is 0. The molecule has 5 rings (SSSR count). The quantitative estimate of drug-likeness (QED) is 0.610. The minimum atomic E-state index is -0.713. The molecule has 10 heteroatoms. The Morgan fingerprint density at radius 1 is 1.08 bits per heavy atom. The highest BCUT2D eigenvalue weighted by atomic mass is 19.1. The number of morpholine rings is 1. The highest BCUT2D eigenvalue weighted by Crippen LogP contribution is 2.36. The van der Waals surface area contributed by atoms with Crippen molar-refractivity contribution in [1.82, 2.24) is 19.6 Å². The van der Waals surface area contributed by atoms with E-state index in [1.54, 1.807) is 14.5 Å². The van der Waals surface area contributed by atoms with Gasteiger partial charge in [-0.3, -0.25) is 14.3 Å². The summed E-state index contributed by atoms with van der Waals surface area (Å²) in [7, 11) is 1.38. The van der Waals surface area contributed by atoms with Crippen molar-refractivity contribution in [3.63, 3.8) is 0 Å². The average molecular weight is 517 g/mol. The Bertz CT molecular complexity index is 1180. The first-order valence-electron chi connectivity index (χ1n) is 13.1. The van der Waals surface area contributed by atoms with Crippen molar-refractivity contribution in [3.8, 4) is 5.75 Å². The molecule has 2 saturated heterocycles. The number of nitrogens with zero attached hydrogens (tertiary/aromatic N) is 4. The maximum atomic E-state index is 14.2.